The second-order valence-electron chi connectivity index (χ2n) is 8.55. The zero-order chi connectivity index (χ0) is 26.0. The standard InChI is InChI=1S/C29H29NO6/c1-5-35-22-13-14-23(24(16-22)36-6-2)27(32)25-26(19-8-11-21(31)12-9-19)30(29(34)28(25)33)20-10-7-17(3)18(4)15-20/h7-16,26,31-32H,5-6H2,1-4H3/b27-25-. The molecule has 3 aromatic rings. The summed E-state index contributed by atoms with van der Waals surface area (Å²) in [5.74, 6) is -0.954. The van der Waals surface area contributed by atoms with Crippen molar-refractivity contribution in [2.24, 2.45) is 0 Å². The van der Waals surface area contributed by atoms with Gasteiger partial charge in [0.15, 0.2) is 0 Å². The normalized spacial score (nSPS) is 16.9. The van der Waals surface area contributed by atoms with Crippen LogP contribution < -0.4 is 14.4 Å². The van der Waals surface area contributed by atoms with Crippen LogP contribution in [0, 0.1) is 13.8 Å². The number of phenolic OH excluding ortho intramolecular Hbond substituents is 1. The summed E-state index contributed by atoms with van der Waals surface area (Å²) in [6.45, 7) is 8.35. The lowest BCUT2D eigenvalue weighted by Crippen LogP contribution is -2.29. The van der Waals surface area contributed by atoms with E-state index >= 15 is 0 Å². The molecule has 1 amide bonds. The minimum absolute atomic E-state index is 0.0482. The van der Waals surface area contributed by atoms with E-state index in [0.717, 1.165) is 11.1 Å². The maximum atomic E-state index is 13.4. The number of aryl methyl sites for hydroxylation is 2. The van der Waals surface area contributed by atoms with Crippen LogP contribution in [-0.4, -0.2) is 35.1 Å². The Balaban J connectivity index is 1.95. The van der Waals surface area contributed by atoms with E-state index in [9.17, 15) is 19.8 Å². The smallest absolute Gasteiger partial charge is 0.300 e. The lowest BCUT2D eigenvalue weighted by Gasteiger charge is -2.26. The van der Waals surface area contributed by atoms with Crippen molar-refractivity contribution in [2.45, 2.75) is 33.7 Å². The Bertz CT molecular complexity index is 1340. The number of carbonyl (C=O) groups is 2. The summed E-state index contributed by atoms with van der Waals surface area (Å²) in [7, 11) is 0. The predicted octanol–water partition coefficient (Wildman–Crippen LogP) is 5.43. The fourth-order valence-electron chi connectivity index (χ4n) is 4.32. The summed E-state index contributed by atoms with van der Waals surface area (Å²) in [5, 5.41) is 21.3. The maximum absolute atomic E-state index is 13.4. The Kier molecular flexibility index (Phi) is 7.01. The van der Waals surface area contributed by atoms with Gasteiger partial charge in [-0.2, -0.15) is 0 Å². The van der Waals surface area contributed by atoms with Crippen molar-refractivity contribution in [3.8, 4) is 17.2 Å². The number of phenols is 1. The molecule has 0 spiro atoms. The first-order valence-electron chi connectivity index (χ1n) is 11.8. The molecule has 1 aliphatic rings. The highest BCUT2D eigenvalue weighted by Crippen LogP contribution is 2.44. The van der Waals surface area contributed by atoms with Crippen molar-refractivity contribution in [1.82, 2.24) is 0 Å². The van der Waals surface area contributed by atoms with E-state index in [1.165, 1.54) is 17.0 Å². The average Bonchev–Trinajstić information content (AvgIpc) is 3.12. The fourth-order valence-corrected chi connectivity index (χ4v) is 4.32. The molecule has 4 rings (SSSR count). The number of hydrogen-bond acceptors (Lipinski definition) is 6. The van der Waals surface area contributed by atoms with Crippen molar-refractivity contribution >= 4 is 23.1 Å². The molecule has 1 unspecified atom stereocenters. The van der Waals surface area contributed by atoms with Gasteiger partial charge in [-0.15, -0.1) is 0 Å². The molecule has 186 valence electrons. The van der Waals surface area contributed by atoms with Gasteiger partial charge in [0.2, 0.25) is 0 Å². The van der Waals surface area contributed by atoms with Crippen LogP contribution in [0.1, 0.15) is 42.1 Å². The molecule has 0 radical (unpaired) electrons. The lowest BCUT2D eigenvalue weighted by atomic mass is 9.94. The van der Waals surface area contributed by atoms with Gasteiger partial charge in [0.1, 0.15) is 23.0 Å². The Morgan fingerprint density at radius 2 is 1.58 bits per heavy atom. The number of rotatable bonds is 7. The molecule has 0 aliphatic carbocycles. The fraction of sp³-hybridized carbons (Fsp3) is 0.241. The van der Waals surface area contributed by atoms with Gasteiger partial charge in [-0.25, -0.2) is 0 Å². The minimum atomic E-state index is -0.909. The van der Waals surface area contributed by atoms with E-state index < -0.39 is 17.7 Å². The summed E-state index contributed by atoms with van der Waals surface area (Å²) in [5.41, 5.74) is 3.33. The second-order valence-corrected chi connectivity index (χ2v) is 8.55. The van der Waals surface area contributed by atoms with Crippen molar-refractivity contribution < 1.29 is 29.3 Å². The van der Waals surface area contributed by atoms with Gasteiger partial charge in [-0.05, 0) is 80.8 Å². The number of hydrogen-bond donors (Lipinski definition) is 2. The van der Waals surface area contributed by atoms with Crippen LogP contribution in [0.2, 0.25) is 0 Å². The molecule has 0 aromatic heterocycles. The van der Waals surface area contributed by atoms with E-state index in [-0.39, 0.29) is 22.6 Å². The largest absolute Gasteiger partial charge is 0.508 e. The van der Waals surface area contributed by atoms with Crippen molar-refractivity contribution in [1.29, 1.82) is 0 Å². The molecule has 2 N–H and O–H groups in total. The van der Waals surface area contributed by atoms with Crippen molar-refractivity contribution in [3.05, 3.63) is 88.5 Å². The first-order valence-corrected chi connectivity index (χ1v) is 11.8. The summed E-state index contributed by atoms with van der Waals surface area (Å²) in [6.07, 6.45) is 0. The van der Waals surface area contributed by atoms with Crippen LogP contribution in [-0.2, 0) is 9.59 Å². The molecule has 1 aliphatic heterocycles. The number of aromatic hydroxyl groups is 1. The third-order valence-corrected chi connectivity index (χ3v) is 6.24. The highest BCUT2D eigenvalue weighted by Gasteiger charge is 2.47. The van der Waals surface area contributed by atoms with Crippen molar-refractivity contribution in [2.75, 3.05) is 18.1 Å². The van der Waals surface area contributed by atoms with Gasteiger partial charge in [0, 0.05) is 11.8 Å². The molecule has 0 saturated carbocycles. The third-order valence-electron chi connectivity index (χ3n) is 6.24. The molecule has 7 heteroatoms. The molecule has 1 atom stereocenters. The zero-order valence-electron chi connectivity index (χ0n) is 20.7. The van der Waals surface area contributed by atoms with Crippen LogP contribution in [0.25, 0.3) is 5.76 Å². The van der Waals surface area contributed by atoms with Gasteiger partial charge in [-0.3, -0.25) is 14.5 Å². The van der Waals surface area contributed by atoms with E-state index in [1.807, 2.05) is 39.8 Å². The SMILES string of the molecule is CCOc1ccc(/C(O)=C2/C(=O)C(=O)N(c3ccc(C)c(C)c3)C2c2ccc(O)cc2)c(OCC)c1. The molecule has 3 aromatic carbocycles. The van der Waals surface area contributed by atoms with E-state index in [4.69, 9.17) is 9.47 Å². The van der Waals surface area contributed by atoms with Gasteiger partial charge in [-0.1, -0.05) is 18.2 Å². The number of aliphatic hydroxyl groups excluding tert-OH is 1. The summed E-state index contributed by atoms with van der Waals surface area (Å²) >= 11 is 0. The Hall–Kier alpha value is -4.26. The molecular formula is C29H29NO6. The van der Waals surface area contributed by atoms with E-state index in [0.29, 0.717) is 36.0 Å². The minimum Gasteiger partial charge on any atom is -0.508 e. The molecular weight excluding hydrogens is 458 g/mol. The van der Waals surface area contributed by atoms with Gasteiger partial charge < -0.3 is 19.7 Å². The summed E-state index contributed by atoms with van der Waals surface area (Å²) < 4.78 is 11.3. The highest BCUT2D eigenvalue weighted by molar-refractivity contribution is 6.51. The van der Waals surface area contributed by atoms with Crippen LogP contribution in [0.4, 0.5) is 5.69 Å². The number of nitrogens with zero attached hydrogens (tertiary/aromatic N) is 1. The monoisotopic (exact) mass is 487 g/mol. The van der Waals surface area contributed by atoms with Crippen LogP contribution in [0.5, 0.6) is 17.2 Å². The number of ether oxygens (including phenoxy) is 2. The zero-order valence-corrected chi connectivity index (χ0v) is 20.7. The quantitative estimate of drug-likeness (QED) is 0.262. The molecule has 1 saturated heterocycles. The van der Waals surface area contributed by atoms with Crippen molar-refractivity contribution in [3.63, 3.8) is 0 Å². The number of amides is 1. The second kappa shape index (κ2) is 10.2. The van der Waals surface area contributed by atoms with Gasteiger partial charge in [0.05, 0.1) is 30.4 Å². The van der Waals surface area contributed by atoms with Gasteiger partial charge in [0.25, 0.3) is 11.7 Å². The number of benzene rings is 3. The molecule has 1 fully saturated rings. The summed E-state index contributed by atoms with van der Waals surface area (Å²) in [4.78, 5) is 28.2. The van der Waals surface area contributed by atoms with Crippen LogP contribution in [0.3, 0.4) is 0 Å². The first kappa shape index (κ1) is 24.9. The number of anilines is 1. The van der Waals surface area contributed by atoms with Gasteiger partial charge >= 0.3 is 0 Å². The Morgan fingerprint density at radius 1 is 0.889 bits per heavy atom. The number of ketones is 1. The third kappa shape index (κ3) is 4.52. The van der Waals surface area contributed by atoms with Crippen LogP contribution >= 0.6 is 0 Å². The topological polar surface area (TPSA) is 96.3 Å². The van der Waals surface area contributed by atoms with E-state index in [2.05, 4.69) is 0 Å². The molecule has 36 heavy (non-hydrogen) atoms. The number of Topliss-reactive ketones (excluding diaryl/α,β-unsaturated/α-hetero) is 1. The first-order chi connectivity index (χ1) is 17.3. The summed E-state index contributed by atoms with van der Waals surface area (Å²) in [6, 6.07) is 15.8. The number of aliphatic hydroxyl groups is 1. The van der Waals surface area contributed by atoms with Crippen LogP contribution in [0.15, 0.2) is 66.2 Å². The average molecular weight is 488 g/mol. The Labute approximate surface area is 210 Å². The Morgan fingerprint density at radius 3 is 2.22 bits per heavy atom. The molecule has 0 bridgehead atoms. The number of carbonyl (C=O) groups excluding carboxylic acids is 2. The van der Waals surface area contributed by atoms with E-state index in [1.54, 1.807) is 36.4 Å². The predicted molar refractivity (Wildman–Crippen MR) is 138 cm³/mol. The molecule has 1 heterocycles. The molecule has 7 nitrogen and oxygen atoms in total. The lowest BCUT2D eigenvalue weighted by molar-refractivity contribution is -0.132. The maximum Gasteiger partial charge on any atom is 0.300 e. The highest BCUT2D eigenvalue weighted by atomic mass is 16.5.